The Hall–Kier alpha value is -0.870. The minimum Gasteiger partial charge on any atom is -0.457 e. The van der Waals surface area contributed by atoms with Gasteiger partial charge < -0.3 is 14.6 Å². The van der Waals surface area contributed by atoms with E-state index in [-0.39, 0.29) is 12.6 Å². The van der Waals surface area contributed by atoms with Gasteiger partial charge in [0, 0.05) is 13.0 Å². The predicted molar refractivity (Wildman–Crippen MR) is 182 cm³/mol. The number of hydrogen-bond donors (Lipinski definition) is 1. The van der Waals surface area contributed by atoms with Gasteiger partial charge in [-0.25, -0.2) is 0 Å². The van der Waals surface area contributed by atoms with Crippen LogP contribution in [0.1, 0.15) is 200 Å². The van der Waals surface area contributed by atoms with Crippen LogP contribution in [0.3, 0.4) is 0 Å². The first-order valence-corrected chi connectivity index (χ1v) is 18.8. The Kier molecular flexibility index (Phi) is 35.6. The summed E-state index contributed by atoms with van der Waals surface area (Å²) in [6, 6.07) is 0. The molecule has 0 aliphatic carbocycles. The molecule has 0 saturated carbocycles. The molecule has 0 heterocycles. The van der Waals surface area contributed by atoms with Gasteiger partial charge in [-0.2, -0.15) is 0 Å². The van der Waals surface area contributed by atoms with E-state index < -0.39 is 6.10 Å². The molecular formula is C38H74O4. The highest BCUT2D eigenvalue weighted by Gasteiger charge is 2.13. The quantitative estimate of drug-likeness (QED) is 0.0450. The molecule has 1 unspecified atom stereocenters. The molecule has 0 aliphatic heterocycles. The largest absolute Gasteiger partial charge is 0.457 e. The molecule has 0 saturated heterocycles. The second kappa shape index (κ2) is 36.3. The van der Waals surface area contributed by atoms with Crippen molar-refractivity contribution < 1.29 is 19.4 Å². The van der Waals surface area contributed by atoms with Gasteiger partial charge in [0.2, 0.25) is 0 Å². The maximum Gasteiger partial charge on any atom is 0.306 e. The van der Waals surface area contributed by atoms with Crippen LogP contribution < -0.4 is 0 Å². The van der Waals surface area contributed by atoms with E-state index in [9.17, 15) is 9.90 Å². The van der Waals surface area contributed by atoms with Crippen LogP contribution in [-0.4, -0.2) is 37.0 Å². The summed E-state index contributed by atoms with van der Waals surface area (Å²) in [7, 11) is 0. The fraction of sp³-hybridized carbons (Fsp3) is 0.921. The lowest BCUT2D eigenvalue weighted by molar-refractivity contribution is -0.154. The van der Waals surface area contributed by atoms with Crippen molar-refractivity contribution in [3.8, 4) is 0 Å². The lowest BCUT2D eigenvalue weighted by Crippen LogP contribution is -2.27. The van der Waals surface area contributed by atoms with Crippen LogP contribution in [0.4, 0.5) is 0 Å². The number of esters is 1. The zero-order chi connectivity index (χ0) is 30.6. The van der Waals surface area contributed by atoms with E-state index in [2.05, 4.69) is 26.0 Å². The summed E-state index contributed by atoms with van der Waals surface area (Å²) in [5, 5.41) is 9.51. The monoisotopic (exact) mass is 595 g/mol. The van der Waals surface area contributed by atoms with Crippen molar-refractivity contribution in [1.82, 2.24) is 0 Å². The van der Waals surface area contributed by atoms with Crippen LogP contribution >= 0.6 is 0 Å². The topological polar surface area (TPSA) is 55.8 Å². The van der Waals surface area contributed by atoms with Gasteiger partial charge in [-0.15, -0.1) is 0 Å². The number of carbonyl (C=O) groups is 1. The van der Waals surface area contributed by atoms with Gasteiger partial charge in [0.1, 0.15) is 6.10 Å². The smallest absolute Gasteiger partial charge is 0.306 e. The average Bonchev–Trinajstić information content (AvgIpc) is 3.00. The molecule has 0 aromatic rings. The average molecular weight is 595 g/mol. The van der Waals surface area contributed by atoms with Gasteiger partial charge >= 0.3 is 5.97 Å². The van der Waals surface area contributed by atoms with Gasteiger partial charge in [-0.3, -0.25) is 4.79 Å². The minimum atomic E-state index is -0.526. The molecule has 0 rings (SSSR count). The summed E-state index contributed by atoms with van der Waals surface area (Å²) in [4.78, 5) is 12.0. The van der Waals surface area contributed by atoms with Crippen LogP contribution in [0.2, 0.25) is 0 Å². The van der Waals surface area contributed by atoms with E-state index in [4.69, 9.17) is 9.47 Å². The Morgan fingerprint density at radius 3 is 1.36 bits per heavy atom. The van der Waals surface area contributed by atoms with Gasteiger partial charge in [-0.05, 0) is 38.5 Å². The number of carbonyl (C=O) groups excluding carboxylic acids is 1. The van der Waals surface area contributed by atoms with Crippen molar-refractivity contribution >= 4 is 5.97 Å². The number of rotatable bonds is 35. The highest BCUT2D eigenvalue weighted by Crippen LogP contribution is 2.14. The summed E-state index contributed by atoms with van der Waals surface area (Å²) < 4.78 is 11.1. The lowest BCUT2D eigenvalue weighted by atomic mass is 10.1. The van der Waals surface area contributed by atoms with E-state index in [1.807, 2.05) is 0 Å². The lowest BCUT2D eigenvalue weighted by Gasteiger charge is -2.16. The first-order chi connectivity index (χ1) is 20.7. The SMILES string of the molecule is CCCCCCCCCC/C=C\CCCCCCCCCCCCOCC(CO)OC(=O)CCCCCCCCCC. The molecule has 0 aliphatic rings. The molecule has 0 fully saturated rings. The summed E-state index contributed by atoms with van der Waals surface area (Å²) in [5.41, 5.74) is 0. The molecule has 0 aromatic carbocycles. The van der Waals surface area contributed by atoms with Gasteiger partial charge in [-0.1, -0.05) is 167 Å². The Bertz CT molecular complexity index is 547. The number of hydrogen-bond acceptors (Lipinski definition) is 4. The molecule has 42 heavy (non-hydrogen) atoms. The van der Waals surface area contributed by atoms with Gasteiger partial charge in [0.05, 0.1) is 13.2 Å². The van der Waals surface area contributed by atoms with E-state index in [1.54, 1.807) is 0 Å². The van der Waals surface area contributed by atoms with Crippen LogP contribution in [0.5, 0.6) is 0 Å². The van der Waals surface area contributed by atoms with Crippen molar-refractivity contribution in [1.29, 1.82) is 0 Å². The first-order valence-electron chi connectivity index (χ1n) is 18.8. The van der Waals surface area contributed by atoms with E-state index in [0.29, 0.717) is 19.6 Å². The second-order valence-corrected chi connectivity index (χ2v) is 12.7. The minimum absolute atomic E-state index is 0.167. The summed E-state index contributed by atoms with van der Waals surface area (Å²) in [6.45, 7) is 5.33. The normalized spacial score (nSPS) is 12.4. The van der Waals surface area contributed by atoms with Crippen molar-refractivity contribution in [3.63, 3.8) is 0 Å². The van der Waals surface area contributed by atoms with E-state index in [0.717, 1.165) is 19.3 Å². The first kappa shape index (κ1) is 41.1. The fourth-order valence-electron chi connectivity index (χ4n) is 5.50. The molecule has 0 spiro atoms. The van der Waals surface area contributed by atoms with Crippen LogP contribution in [0.25, 0.3) is 0 Å². The number of ether oxygens (including phenoxy) is 2. The summed E-state index contributed by atoms with van der Waals surface area (Å²) >= 11 is 0. The van der Waals surface area contributed by atoms with E-state index in [1.165, 1.54) is 161 Å². The Balaban J connectivity index is 3.35. The Morgan fingerprint density at radius 1 is 0.548 bits per heavy atom. The Morgan fingerprint density at radius 2 is 0.929 bits per heavy atom. The van der Waals surface area contributed by atoms with Crippen molar-refractivity contribution in [2.24, 2.45) is 0 Å². The molecule has 0 bridgehead atoms. The van der Waals surface area contributed by atoms with Crippen LogP contribution in [-0.2, 0) is 14.3 Å². The number of aliphatic hydroxyl groups is 1. The predicted octanol–water partition coefficient (Wildman–Crippen LogP) is 11.8. The van der Waals surface area contributed by atoms with Crippen molar-refractivity contribution in [3.05, 3.63) is 12.2 Å². The summed E-state index contributed by atoms with van der Waals surface area (Å²) in [5.74, 6) is -0.204. The second-order valence-electron chi connectivity index (χ2n) is 12.7. The third-order valence-electron chi connectivity index (χ3n) is 8.34. The highest BCUT2D eigenvalue weighted by molar-refractivity contribution is 5.69. The third-order valence-corrected chi connectivity index (χ3v) is 8.34. The molecule has 1 atom stereocenters. The molecule has 0 aromatic heterocycles. The number of allylic oxidation sites excluding steroid dienone is 2. The Labute approximate surface area is 263 Å². The fourth-order valence-corrected chi connectivity index (χ4v) is 5.50. The zero-order valence-electron chi connectivity index (χ0n) is 28.5. The molecule has 0 amide bonds. The third kappa shape index (κ3) is 33.6. The molecule has 4 heteroatoms. The number of unbranched alkanes of at least 4 members (excludes halogenated alkanes) is 25. The van der Waals surface area contributed by atoms with Crippen molar-refractivity contribution in [2.75, 3.05) is 19.8 Å². The highest BCUT2D eigenvalue weighted by atomic mass is 16.6. The molecule has 4 nitrogen and oxygen atoms in total. The molecular weight excluding hydrogens is 520 g/mol. The zero-order valence-corrected chi connectivity index (χ0v) is 28.5. The maximum absolute atomic E-state index is 12.0. The van der Waals surface area contributed by atoms with Crippen molar-refractivity contribution in [2.45, 2.75) is 206 Å². The van der Waals surface area contributed by atoms with Gasteiger partial charge in [0.25, 0.3) is 0 Å². The maximum atomic E-state index is 12.0. The standard InChI is InChI=1S/C38H74O4/c1-3-5-7-9-11-13-14-15-16-17-18-19-20-21-22-23-24-25-26-28-30-32-34-41-36-37(35-39)42-38(40)33-31-29-27-12-10-8-6-4-2/h17-18,37,39H,3-16,19-36H2,1-2H3/b18-17-. The van der Waals surface area contributed by atoms with Crippen LogP contribution in [0.15, 0.2) is 12.2 Å². The van der Waals surface area contributed by atoms with Crippen LogP contribution in [0, 0.1) is 0 Å². The molecule has 250 valence electrons. The van der Waals surface area contributed by atoms with Gasteiger partial charge in [0.15, 0.2) is 0 Å². The summed E-state index contributed by atoms with van der Waals surface area (Å²) in [6.07, 6.45) is 41.3. The molecule has 1 N–H and O–H groups in total. The van der Waals surface area contributed by atoms with E-state index >= 15 is 0 Å². The molecule has 0 radical (unpaired) electrons. The number of aliphatic hydroxyl groups excluding tert-OH is 1.